The van der Waals surface area contributed by atoms with E-state index < -0.39 is 0 Å². The molecule has 0 fully saturated rings. The predicted octanol–water partition coefficient (Wildman–Crippen LogP) is -0.435. The van der Waals surface area contributed by atoms with Gasteiger partial charge < -0.3 is 10.8 Å². The molecule has 1 aromatic heterocycles. The molecule has 0 amide bonds. The Balaban J connectivity index is 3.13. The number of hydrogen-bond acceptors (Lipinski definition) is 4. The lowest BCUT2D eigenvalue weighted by molar-refractivity contribution is 0.454. The summed E-state index contributed by atoms with van der Waals surface area (Å²) in [7, 11) is 0. The Labute approximate surface area is 46.0 Å². The van der Waals surface area contributed by atoms with Gasteiger partial charge in [-0.1, -0.05) is 0 Å². The highest BCUT2D eigenvalue weighted by Crippen LogP contribution is 2.09. The molecule has 1 aromatic rings. The smallest absolute Gasteiger partial charge is 0.238 e. The third-order valence-electron chi connectivity index (χ3n) is 0.675. The number of nitrogen functional groups attached to an aromatic ring is 1. The lowest BCUT2D eigenvalue weighted by Crippen LogP contribution is -1.88. The second kappa shape index (κ2) is 1.65. The Morgan fingerprint density at radius 2 is 2.50 bits per heavy atom. The van der Waals surface area contributed by atoms with Crippen LogP contribution in [0.2, 0.25) is 0 Å². The molecule has 0 aliphatic rings. The van der Waals surface area contributed by atoms with E-state index in [0.29, 0.717) is 0 Å². The molecule has 4 nitrogen and oxygen atoms in total. The third kappa shape index (κ3) is 0.676. The summed E-state index contributed by atoms with van der Waals surface area (Å²) < 4.78 is 0. The number of nitrogens with zero attached hydrogens (tertiary/aromatic N) is 2. The molecule has 0 bridgehead atoms. The molecule has 0 aliphatic carbocycles. The van der Waals surface area contributed by atoms with Gasteiger partial charge in [-0.2, -0.15) is 4.98 Å². The topological polar surface area (TPSA) is 72.0 Å². The van der Waals surface area contributed by atoms with Crippen LogP contribution in [0.1, 0.15) is 0 Å². The van der Waals surface area contributed by atoms with E-state index in [1.807, 2.05) is 0 Å². The van der Waals surface area contributed by atoms with Crippen molar-refractivity contribution in [2.75, 3.05) is 5.73 Å². The van der Waals surface area contributed by atoms with Gasteiger partial charge in [0, 0.05) is 0 Å². The van der Waals surface area contributed by atoms with Gasteiger partial charge in [-0.15, -0.1) is 0 Å². The van der Waals surface area contributed by atoms with Crippen molar-refractivity contribution in [2.24, 2.45) is 0 Å². The molecule has 0 aromatic carbocycles. The standard InChI is InChI=1S/C4H4N3O/c5-3-1-6-2-7-4(3)8/h1H,5H2,(H,6,7,8). The van der Waals surface area contributed by atoms with E-state index in [0.717, 1.165) is 0 Å². The zero-order valence-electron chi connectivity index (χ0n) is 4.00. The summed E-state index contributed by atoms with van der Waals surface area (Å²) in [4.78, 5) is 6.70. The zero-order chi connectivity index (χ0) is 5.98. The van der Waals surface area contributed by atoms with Crippen molar-refractivity contribution in [3.63, 3.8) is 0 Å². The molecule has 0 aliphatic heterocycles. The summed E-state index contributed by atoms with van der Waals surface area (Å²) in [6.45, 7) is 0. The average Bonchev–Trinajstić information content (AvgIpc) is 1.77. The SMILES string of the molecule is Nc1cn[c]nc1O. The largest absolute Gasteiger partial charge is 0.492 e. The maximum atomic E-state index is 8.61. The second-order valence-corrected chi connectivity index (χ2v) is 1.25. The quantitative estimate of drug-likeness (QED) is 0.475. The molecule has 8 heavy (non-hydrogen) atoms. The predicted molar refractivity (Wildman–Crippen MR) is 26.9 cm³/mol. The van der Waals surface area contributed by atoms with E-state index in [2.05, 4.69) is 16.3 Å². The Morgan fingerprint density at radius 3 is 2.88 bits per heavy atom. The molecule has 4 heteroatoms. The van der Waals surface area contributed by atoms with Gasteiger partial charge >= 0.3 is 0 Å². The number of nitrogens with two attached hydrogens (primary N) is 1. The summed E-state index contributed by atoms with van der Waals surface area (Å²) in [5, 5.41) is 8.61. The van der Waals surface area contributed by atoms with E-state index in [1.54, 1.807) is 0 Å². The van der Waals surface area contributed by atoms with Crippen LogP contribution in [0.15, 0.2) is 6.20 Å². The number of hydrogen-bond donors (Lipinski definition) is 2. The van der Waals surface area contributed by atoms with Crippen molar-refractivity contribution < 1.29 is 5.11 Å². The number of aromatic nitrogens is 2. The number of anilines is 1. The monoisotopic (exact) mass is 110 g/mol. The van der Waals surface area contributed by atoms with Crippen molar-refractivity contribution >= 4 is 5.69 Å². The van der Waals surface area contributed by atoms with E-state index in [4.69, 9.17) is 10.8 Å². The highest BCUT2D eigenvalue weighted by Gasteiger charge is 1.91. The third-order valence-corrected chi connectivity index (χ3v) is 0.675. The molecule has 41 valence electrons. The highest BCUT2D eigenvalue weighted by molar-refractivity contribution is 5.43. The van der Waals surface area contributed by atoms with Crippen LogP contribution in [0.4, 0.5) is 5.69 Å². The minimum Gasteiger partial charge on any atom is -0.492 e. The van der Waals surface area contributed by atoms with Crippen molar-refractivity contribution in [2.45, 2.75) is 0 Å². The molecule has 0 saturated heterocycles. The van der Waals surface area contributed by atoms with Crippen LogP contribution < -0.4 is 5.73 Å². The summed E-state index contributed by atoms with van der Waals surface area (Å²) in [5.41, 5.74) is 5.29. The van der Waals surface area contributed by atoms with E-state index >= 15 is 0 Å². The lowest BCUT2D eigenvalue weighted by Gasteiger charge is -1.89. The van der Waals surface area contributed by atoms with Crippen molar-refractivity contribution in [1.29, 1.82) is 0 Å². The van der Waals surface area contributed by atoms with Gasteiger partial charge in [0.05, 0.1) is 6.20 Å². The molecule has 1 heterocycles. The van der Waals surface area contributed by atoms with Gasteiger partial charge in [0.1, 0.15) is 5.69 Å². The highest BCUT2D eigenvalue weighted by atomic mass is 16.3. The Kier molecular flexibility index (Phi) is 0.997. The molecule has 0 atom stereocenters. The second-order valence-electron chi connectivity index (χ2n) is 1.25. The van der Waals surface area contributed by atoms with Crippen LogP contribution in [-0.4, -0.2) is 15.1 Å². The van der Waals surface area contributed by atoms with E-state index in [1.165, 1.54) is 6.20 Å². The first kappa shape index (κ1) is 4.83. The van der Waals surface area contributed by atoms with Crippen LogP contribution >= 0.6 is 0 Å². The van der Waals surface area contributed by atoms with Crippen LogP contribution in [0.5, 0.6) is 5.88 Å². The molecule has 1 radical (unpaired) electrons. The van der Waals surface area contributed by atoms with Crippen LogP contribution in [0, 0.1) is 6.33 Å². The molecule has 0 saturated carbocycles. The first-order chi connectivity index (χ1) is 3.80. The Morgan fingerprint density at radius 1 is 1.75 bits per heavy atom. The molecule has 0 unspecified atom stereocenters. The summed E-state index contributed by atoms with van der Waals surface area (Å²) in [6, 6.07) is 0. The van der Waals surface area contributed by atoms with Crippen LogP contribution in [0.25, 0.3) is 0 Å². The lowest BCUT2D eigenvalue weighted by atomic mass is 10.5. The fourth-order valence-corrected chi connectivity index (χ4v) is 0.297. The number of aromatic hydroxyl groups is 1. The van der Waals surface area contributed by atoms with Crippen LogP contribution in [0.3, 0.4) is 0 Å². The first-order valence-electron chi connectivity index (χ1n) is 1.98. The van der Waals surface area contributed by atoms with Crippen molar-refractivity contribution in [1.82, 2.24) is 9.97 Å². The summed E-state index contributed by atoms with van der Waals surface area (Å²) in [5.74, 6) is -0.222. The van der Waals surface area contributed by atoms with Gasteiger partial charge in [0.15, 0.2) is 0 Å². The summed E-state index contributed by atoms with van der Waals surface area (Å²) >= 11 is 0. The van der Waals surface area contributed by atoms with E-state index in [9.17, 15) is 0 Å². The summed E-state index contributed by atoms with van der Waals surface area (Å²) in [6.07, 6.45) is 3.45. The molecular weight excluding hydrogens is 106 g/mol. The Bertz CT molecular complexity index is 167. The maximum absolute atomic E-state index is 8.61. The van der Waals surface area contributed by atoms with Gasteiger partial charge in [0.2, 0.25) is 12.2 Å². The first-order valence-corrected chi connectivity index (χ1v) is 1.98. The van der Waals surface area contributed by atoms with E-state index in [-0.39, 0.29) is 11.6 Å². The number of rotatable bonds is 0. The van der Waals surface area contributed by atoms with Crippen molar-refractivity contribution in [3.05, 3.63) is 12.5 Å². The van der Waals surface area contributed by atoms with Gasteiger partial charge in [-0.3, -0.25) is 0 Å². The van der Waals surface area contributed by atoms with Gasteiger partial charge in [0.25, 0.3) is 0 Å². The average molecular weight is 110 g/mol. The van der Waals surface area contributed by atoms with Gasteiger partial charge in [-0.25, -0.2) is 4.98 Å². The molecular formula is C4H4N3O. The normalized spacial score (nSPS) is 9.00. The fourth-order valence-electron chi connectivity index (χ4n) is 0.297. The minimum absolute atomic E-state index is 0.170. The molecule has 1 rings (SSSR count). The zero-order valence-corrected chi connectivity index (χ0v) is 4.00. The van der Waals surface area contributed by atoms with Crippen LogP contribution in [-0.2, 0) is 0 Å². The molecule has 0 spiro atoms. The fraction of sp³-hybridized carbons (Fsp3) is 0. The van der Waals surface area contributed by atoms with Gasteiger partial charge in [-0.05, 0) is 0 Å². The Hall–Kier alpha value is -1.32. The minimum atomic E-state index is -0.222. The van der Waals surface area contributed by atoms with Crippen molar-refractivity contribution in [3.8, 4) is 5.88 Å². The maximum Gasteiger partial charge on any atom is 0.238 e. The molecule has 3 N–H and O–H groups in total.